The van der Waals surface area contributed by atoms with Crippen molar-refractivity contribution in [2.24, 2.45) is 0 Å². The van der Waals surface area contributed by atoms with Crippen LogP contribution >= 0.6 is 31.4 Å². The van der Waals surface area contributed by atoms with Gasteiger partial charge in [-0.15, -0.1) is 0 Å². The summed E-state index contributed by atoms with van der Waals surface area (Å²) in [5.41, 5.74) is 10.2. The molecule has 2 heteroatoms. The van der Waals surface area contributed by atoms with Crippen LogP contribution in [0.1, 0.15) is 22.3 Å². The Hall–Kier alpha value is -3.66. The van der Waals surface area contributed by atoms with Crippen molar-refractivity contribution in [1.82, 2.24) is 0 Å². The molecule has 0 unspecified atom stereocenters. The molecule has 0 radical (unpaired) electrons. The fraction of sp³-hybridized carbons (Fsp3) is 0.0270. The molecule has 0 aromatic heterocycles. The second-order valence-corrected chi connectivity index (χ2v) is 15.7. The number of rotatable bonds is 3. The predicted molar refractivity (Wildman–Crippen MR) is 171 cm³/mol. The molecular formula is C37H24ClI. The molecular weight excluding hydrogens is 607 g/mol. The van der Waals surface area contributed by atoms with E-state index in [0.29, 0.717) is 0 Å². The molecule has 1 aliphatic heterocycles. The van der Waals surface area contributed by atoms with Crippen LogP contribution in [0.25, 0.3) is 22.3 Å². The van der Waals surface area contributed by atoms with Crippen molar-refractivity contribution >= 4 is 31.4 Å². The maximum absolute atomic E-state index is 6.42. The van der Waals surface area contributed by atoms with Crippen LogP contribution in [0.4, 0.5) is 0 Å². The Labute approximate surface area is 241 Å². The third-order valence-corrected chi connectivity index (χ3v) is 14.6. The van der Waals surface area contributed by atoms with Crippen LogP contribution in [0.15, 0.2) is 146 Å². The summed E-state index contributed by atoms with van der Waals surface area (Å²) >= 11 is 4.65. The van der Waals surface area contributed by atoms with E-state index in [1.54, 1.807) is 0 Å². The van der Waals surface area contributed by atoms with Gasteiger partial charge in [0, 0.05) is 0 Å². The van der Waals surface area contributed by atoms with Gasteiger partial charge in [0.1, 0.15) is 0 Å². The summed E-state index contributed by atoms with van der Waals surface area (Å²) in [5, 5.41) is 0.758. The molecule has 0 saturated heterocycles. The van der Waals surface area contributed by atoms with Crippen molar-refractivity contribution in [3.8, 4) is 22.3 Å². The Morgan fingerprint density at radius 1 is 0.436 bits per heavy atom. The molecule has 8 rings (SSSR count). The van der Waals surface area contributed by atoms with E-state index in [1.807, 2.05) is 12.1 Å². The van der Waals surface area contributed by atoms with Gasteiger partial charge in [0.25, 0.3) is 0 Å². The Morgan fingerprint density at radius 2 is 0.974 bits per heavy atom. The molecule has 39 heavy (non-hydrogen) atoms. The average Bonchev–Trinajstić information content (AvgIpc) is 3.49. The molecule has 1 heterocycles. The maximum atomic E-state index is 6.42. The molecule has 186 valence electrons. The van der Waals surface area contributed by atoms with Crippen molar-refractivity contribution in [3.63, 3.8) is 0 Å². The van der Waals surface area contributed by atoms with Crippen LogP contribution < -0.4 is 0 Å². The first-order chi connectivity index (χ1) is 19.3. The predicted octanol–water partition coefficient (Wildman–Crippen LogP) is 10.1. The molecule has 0 atom stereocenters. The first-order valence-electron chi connectivity index (χ1n) is 13.2. The van der Waals surface area contributed by atoms with Gasteiger partial charge in [-0.3, -0.25) is 0 Å². The van der Waals surface area contributed by atoms with E-state index in [-0.39, 0.29) is 0 Å². The number of benzene rings is 6. The summed E-state index contributed by atoms with van der Waals surface area (Å²) in [6, 6.07) is 53.9. The van der Waals surface area contributed by atoms with Crippen molar-refractivity contribution in [2.45, 2.75) is 5.41 Å². The van der Waals surface area contributed by atoms with E-state index in [1.165, 1.54) is 55.2 Å². The third-order valence-electron chi connectivity index (χ3n) is 8.15. The first kappa shape index (κ1) is 23.2. The molecule has 0 N–H and O–H groups in total. The van der Waals surface area contributed by atoms with E-state index in [2.05, 4.69) is 133 Å². The van der Waals surface area contributed by atoms with Crippen molar-refractivity contribution in [2.75, 3.05) is 0 Å². The third kappa shape index (κ3) is 3.30. The summed E-state index contributed by atoms with van der Waals surface area (Å²) in [5.74, 6) is 0. The number of hydrogen-bond donors (Lipinski definition) is 0. The van der Waals surface area contributed by atoms with Crippen molar-refractivity contribution in [1.29, 1.82) is 0 Å². The fourth-order valence-corrected chi connectivity index (χ4v) is 13.0. The monoisotopic (exact) mass is 630 g/mol. The minimum absolute atomic E-state index is 0.421. The van der Waals surface area contributed by atoms with E-state index in [4.69, 9.17) is 11.6 Å². The summed E-state index contributed by atoms with van der Waals surface area (Å²) in [6.45, 7) is 0. The van der Waals surface area contributed by atoms with E-state index in [9.17, 15) is 0 Å². The molecule has 6 aromatic rings. The molecule has 1 aliphatic carbocycles. The average molecular weight is 631 g/mol. The minimum atomic E-state index is -1.77. The van der Waals surface area contributed by atoms with Gasteiger partial charge in [-0.1, -0.05) is 0 Å². The van der Waals surface area contributed by atoms with Crippen LogP contribution in [0, 0.1) is 10.7 Å². The summed E-state index contributed by atoms with van der Waals surface area (Å²) < 4.78 is 4.55. The Kier molecular flexibility index (Phi) is 5.33. The SMILES string of the molecule is Clc1ccc(C2(c3ccc4c(c3)-c3ccccc3I4c3ccccc3)c3ccccc3-c3ccccc32)cc1. The molecule has 0 saturated carbocycles. The molecule has 0 nitrogen and oxygen atoms in total. The molecule has 6 aromatic carbocycles. The molecule has 0 bridgehead atoms. The topological polar surface area (TPSA) is 0 Å². The molecule has 0 fully saturated rings. The second kappa shape index (κ2) is 8.94. The van der Waals surface area contributed by atoms with E-state index < -0.39 is 25.2 Å². The van der Waals surface area contributed by atoms with Gasteiger partial charge >= 0.3 is 243 Å². The zero-order chi connectivity index (χ0) is 26.0. The van der Waals surface area contributed by atoms with E-state index >= 15 is 0 Å². The normalized spacial score (nSPS) is 14.8. The Balaban J connectivity index is 1.45. The first-order valence-corrected chi connectivity index (χ1v) is 16.8. The van der Waals surface area contributed by atoms with Gasteiger partial charge in [0.15, 0.2) is 0 Å². The standard InChI is InChI=1S/C37H24ClI/c38-27-21-18-25(19-22-27)37(33-15-7-4-12-29(33)30-13-5-8-16-34(30)37)26-20-23-36-32(24-26)31-14-6-9-17-35(31)39(36)28-10-2-1-3-11-28/h1-24H. The van der Waals surface area contributed by atoms with Crippen LogP contribution in [0.2, 0.25) is 5.02 Å². The van der Waals surface area contributed by atoms with Gasteiger partial charge in [-0.2, -0.15) is 0 Å². The van der Waals surface area contributed by atoms with E-state index in [0.717, 1.165) is 5.02 Å². The van der Waals surface area contributed by atoms with Gasteiger partial charge < -0.3 is 0 Å². The Bertz CT molecular complexity index is 1830. The summed E-state index contributed by atoms with van der Waals surface area (Å²) in [4.78, 5) is 0. The molecule has 0 spiro atoms. The number of fused-ring (bicyclic) bond motifs is 6. The van der Waals surface area contributed by atoms with Gasteiger partial charge in [-0.05, 0) is 0 Å². The van der Waals surface area contributed by atoms with Crippen molar-refractivity contribution < 1.29 is 0 Å². The van der Waals surface area contributed by atoms with Gasteiger partial charge in [0.05, 0.1) is 0 Å². The second-order valence-electron chi connectivity index (χ2n) is 10.1. The Morgan fingerprint density at radius 3 is 1.67 bits per heavy atom. The summed E-state index contributed by atoms with van der Waals surface area (Å²) in [6.07, 6.45) is 0. The van der Waals surface area contributed by atoms with Crippen LogP contribution in [0.5, 0.6) is 0 Å². The van der Waals surface area contributed by atoms with Crippen LogP contribution in [-0.4, -0.2) is 0 Å². The van der Waals surface area contributed by atoms with Gasteiger partial charge in [0.2, 0.25) is 0 Å². The van der Waals surface area contributed by atoms with Crippen molar-refractivity contribution in [3.05, 3.63) is 184 Å². The number of hydrogen-bond acceptors (Lipinski definition) is 0. The zero-order valence-electron chi connectivity index (χ0n) is 21.1. The van der Waals surface area contributed by atoms with Crippen LogP contribution in [-0.2, 0) is 5.41 Å². The molecule has 0 amide bonds. The fourth-order valence-electron chi connectivity index (χ4n) is 6.58. The summed E-state index contributed by atoms with van der Waals surface area (Å²) in [7, 11) is 0. The number of halogens is 2. The zero-order valence-corrected chi connectivity index (χ0v) is 24.0. The van der Waals surface area contributed by atoms with Gasteiger partial charge in [-0.25, -0.2) is 0 Å². The molecule has 2 aliphatic rings. The van der Waals surface area contributed by atoms with Crippen LogP contribution in [0.3, 0.4) is 0 Å². The quantitative estimate of drug-likeness (QED) is 0.170.